The largest absolute Gasteiger partial charge is 0.444 e. The summed E-state index contributed by atoms with van der Waals surface area (Å²) >= 11 is 0. The summed E-state index contributed by atoms with van der Waals surface area (Å²) in [4.78, 5) is 4.53. The molecule has 0 spiro atoms. The lowest BCUT2D eigenvalue weighted by molar-refractivity contribution is 0.560. The van der Waals surface area contributed by atoms with Crippen LogP contribution in [0.1, 0.15) is 30.7 Å². The molecule has 0 amide bonds. The number of aromatic nitrogens is 1. The van der Waals surface area contributed by atoms with Crippen molar-refractivity contribution < 1.29 is 4.42 Å². The molecular weight excluding hydrogens is 224 g/mol. The number of nitrogens with one attached hydrogen (secondary N) is 1. The average molecular weight is 244 g/mol. The van der Waals surface area contributed by atoms with Gasteiger partial charge in [0.15, 0.2) is 0 Å². The summed E-state index contributed by atoms with van der Waals surface area (Å²) in [5, 5.41) is 3.33. The topological polar surface area (TPSA) is 38.1 Å². The molecule has 1 N–H and O–H groups in total. The van der Waals surface area contributed by atoms with Crippen molar-refractivity contribution in [1.82, 2.24) is 10.3 Å². The van der Waals surface area contributed by atoms with Crippen LogP contribution < -0.4 is 5.32 Å². The van der Waals surface area contributed by atoms with Crippen LogP contribution in [0.15, 0.2) is 28.9 Å². The normalized spacial score (nSPS) is 11.2. The van der Waals surface area contributed by atoms with Gasteiger partial charge in [0.1, 0.15) is 6.26 Å². The molecule has 96 valence electrons. The first-order chi connectivity index (χ1) is 8.56. The van der Waals surface area contributed by atoms with Crippen molar-refractivity contribution >= 4 is 0 Å². The molecule has 1 heterocycles. The lowest BCUT2D eigenvalue weighted by Crippen LogP contribution is -2.21. The minimum Gasteiger partial charge on any atom is -0.444 e. The van der Waals surface area contributed by atoms with E-state index >= 15 is 0 Å². The van der Waals surface area contributed by atoms with Gasteiger partial charge in [-0.3, -0.25) is 0 Å². The Morgan fingerprint density at radius 2 is 2.06 bits per heavy atom. The van der Waals surface area contributed by atoms with Gasteiger partial charge in [-0.1, -0.05) is 31.5 Å². The maximum absolute atomic E-state index is 5.57. The summed E-state index contributed by atoms with van der Waals surface area (Å²) in [6.45, 7) is 9.13. The van der Waals surface area contributed by atoms with E-state index in [0.717, 1.165) is 17.8 Å². The third-order valence-electron chi connectivity index (χ3n) is 2.87. The Morgan fingerprint density at radius 3 is 2.78 bits per heavy atom. The van der Waals surface area contributed by atoms with Gasteiger partial charge in [0.05, 0.1) is 5.69 Å². The van der Waals surface area contributed by atoms with Gasteiger partial charge >= 0.3 is 0 Å². The molecule has 0 unspecified atom stereocenters. The van der Waals surface area contributed by atoms with E-state index < -0.39 is 0 Å². The van der Waals surface area contributed by atoms with Crippen LogP contribution >= 0.6 is 0 Å². The highest BCUT2D eigenvalue weighted by molar-refractivity contribution is 5.59. The van der Waals surface area contributed by atoms with E-state index in [2.05, 4.69) is 56.2 Å². The molecule has 0 aliphatic carbocycles. The van der Waals surface area contributed by atoms with Crippen LogP contribution in [0.3, 0.4) is 0 Å². The number of aryl methyl sites for hydroxylation is 2. The van der Waals surface area contributed by atoms with Crippen LogP contribution in [0, 0.1) is 13.8 Å². The molecule has 2 rings (SSSR count). The van der Waals surface area contributed by atoms with E-state index in [1.807, 2.05) is 0 Å². The minimum atomic E-state index is 0.450. The zero-order valence-corrected chi connectivity index (χ0v) is 11.4. The number of benzene rings is 1. The Balaban J connectivity index is 2.21. The molecule has 3 heteroatoms. The molecule has 2 aromatic rings. The first kappa shape index (κ1) is 12.8. The summed E-state index contributed by atoms with van der Waals surface area (Å²) in [5.41, 5.74) is 4.42. The molecule has 0 saturated carbocycles. The van der Waals surface area contributed by atoms with E-state index in [9.17, 15) is 0 Å². The number of hydrogen-bond donors (Lipinski definition) is 1. The summed E-state index contributed by atoms with van der Waals surface area (Å²) < 4.78 is 5.57. The van der Waals surface area contributed by atoms with Crippen molar-refractivity contribution in [2.45, 2.75) is 40.3 Å². The van der Waals surface area contributed by atoms with Crippen LogP contribution in [0.4, 0.5) is 0 Å². The summed E-state index contributed by atoms with van der Waals surface area (Å²) in [7, 11) is 0. The van der Waals surface area contributed by atoms with E-state index in [1.54, 1.807) is 6.26 Å². The van der Waals surface area contributed by atoms with Crippen molar-refractivity contribution in [3.05, 3.63) is 41.3 Å². The van der Waals surface area contributed by atoms with E-state index in [4.69, 9.17) is 4.42 Å². The van der Waals surface area contributed by atoms with Crippen molar-refractivity contribution in [2.24, 2.45) is 0 Å². The molecule has 0 aliphatic heterocycles. The maximum Gasteiger partial charge on any atom is 0.226 e. The highest BCUT2D eigenvalue weighted by Gasteiger charge is 2.09. The average Bonchev–Trinajstić information content (AvgIpc) is 2.78. The molecule has 0 radical (unpaired) electrons. The van der Waals surface area contributed by atoms with Crippen molar-refractivity contribution in [3.63, 3.8) is 0 Å². The molecule has 0 bridgehead atoms. The molecule has 0 fully saturated rings. The highest BCUT2D eigenvalue weighted by Crippen LogP contribution is 2.23. The van der Waals surface area contributed by atoms with E-state index in [1.165, 1.54) is 11.1 Å². The molecule has 3 nitrogen and oxygen atoms in total. The number of oxazole rings is 1. The number of rotatable bonds is 4. The summed E-state index contributed by atoms with van der Waals surface area (Å²) in [6.07, 6.45) is 1.73. The fraction of sp³-hybridized carbons (Fsp3) is 0.400. The van der Waals surface area contributed by atoms with Crippen molar-refractivity contribution in [1.29, 1.82) is 0 Å². The first-order valence-corrected chi connectivity index (χ1v) is 6.31. The second-order valence-electron chi connectivity index (χ2n) is 5.00. The zero-order valence-electron chi connectivity index (χ0n) is 11.4. The molecule has 0 atom stereocenters. The molecular formula is C15H20N2O. The van der Waals surface area contributed by atoms with Gasteiger partial charge in [0.25, 0.3) is 0 Å². The summed E-state index contributed by atoms with van der Waals surface area (Å²) in [5.74, 6) is 0.705. The van der Waals surface area contributed by atoms with E-state index in [-0.39, 0.29) is 0 Å². The first-order valence-electron chi connectivity index (χ1n) is 6.31. The quantitative estimate of drug-likeness (QED) is 0.895. The third-order valence-corrected chi connectivity index (χ3v) is 2.87. The standard InChI is InChI=1S/C15H20N2O/c1-10(2)16-8-13-9-18-15(17-13)14-7-11(3)5-6-12(14)4/h5-7,9-10,16H,8H2,1-4H3. The molecule has 0 aliphatic rings. The number of nitrogens with zero attached hydrogens (tertiary/aromatic N) is 1. The second kappa shape index (κ2) is 5.36. The van der Waals surface area contributed by atoms with Gasteiger partial charge in [-0.25, -0.2) is 4.98 Å². The van der Waals surface area contributed by atoms with Gasteiger partial charge in [0.2, 0.25) is 5.89 Å². The molecule has 1 aromatic carbocycles. The van der Waals surface area contributed by atoms with Gasteiger partial charge in [-0.05, 0) is 25.5 Å². The lowest BCUT2D eigenvalue weighted by Gasteiger charge is -2.04. The van der Waals surface area contributed by atoms with Gasteiger partial charge in [0, 0.05) is 18.2 Å². The number of hydrogen-bond acceptors (Lipinski definition) is 3. The zero-order chi connectivity index (χ0) is 13.1. The Bertz CT molecular complexity index is 529. The third kappa shape index (κ3) is 2.99. The van der Waals surface area contributed by atoms with Gasteiger partial charge in [-0.15, -0.1) is 0 Å². The SMILES string of the molecule is Cc1ccc(C)c(-c2nc(CNC(C)C)co2)c1. The predicted octanol–water partition coefficient (Wildman–Crippen LogP) is 3.46. The highest BCUT2D eigenvalue weighted by atomic mass is 16.3. The fourth-order valence-corrected chi connectivity index (χ4v) is 1.79. The Hall–Kier alpha value is -1.61. The lowest BCUT2D eigenvalue weighted by atomic mass is 10.1. The Kier molecular flexibility index (Phi) is 3.82. The minimum absolute atomic E-state index is 0.450. The summed E-state index contributed by atoms with van der Waals surface area (Å²) in [6, 6.07) is 6.76. The smallest absolute Gasteiger partial charge is 0.226 e. The van der Waals surface area contributed by atoms with Crippen LogP contribution in [-0.4, -0.2) is 11.0 Å². The second-order valence-corrected chi connectivity index (χ2v) is 5.00. The monoisotopic (exact) mass is 244 g/mol. The Labute approximate surface area is 108 Å². The predicted molar refractivity (Wildman–Crippen MR) is 73.4 cm³/mol. The molecule has 18 heavy (non-hydrogen) atoms. The van der Waals surface area contributed by atoms with E-state index in [0.29, 0.717) is 11.9 Å². The van der Waals surface area contributed by atoms with Crippen LogP contribution in [0.5, 0.6) is 0 Å². The van der Waals surface area contributed by atoms with Crippen LogP contribution in [0.2, 0.25) is 0 Å². The van der Waals surface area contributed by atoms with Crippen molar-refractivity contribution in [2.75, 3.05) is 0 Å². The van der Waals surface area contributed by atoms with Crippen LogP contribution in [0.25, 0.3) is 11.5 Å². The van der Waals surface area contributed by atoms with Crippen LogP contribution in [-0.2, 0) is 6.54 Å². The Morgan fingerprint density at radius 1 is 1.28 bits per heavy atom. The van der Waals surface area contributed by atoms with Gasteiger partial charge in [-0.2, -0.15) is 0 Å². The van der Waals surface area contributed by atoms with Gasteiger partial charge < -0.3 is 9.73 Å². The molecule has 0 saturated heterocycles. The van der Waals surface area contributed by atoms with Crippen molar-refractivity contribution in [3.8, 4) is 11.5 Å². The molecule has 1 aromatic heterocycles. The fourth-order valence-electron chi connectivity index (χ4n) is 1.79. The maximum atomic E-state index is 5.57.